The Morgan fingerprint density at radius 3 is 1.92 bits per heavy atom. The molecule has 0 aliphatic heterocycles. The predicted molar refractivity (Wildman–Crippen MR) is 260 cm³/mol. The van der Waals surface area contributed by atoms with Gasteiger partial charge in [0.1, 0.15) is 11.2 Å². The van der Waals surface area contributed by atoms with Gasteiger partial charge in [0.25, 0.3) is 0 Å². The highest BCUT2D eigenvalue weighted by Crippen LogP contribution is 2.58. The van der Waals surface area contributed by atoms with Crippen molar-refractivity contribution < 1.29 is 4.42 Å². The Kier molecular flexibility index (Phi) is 8.74. The Morgan fingerprint density at radius 1 is 0.468 bits per heavy atom. The molecule has 62 heavy (non-hydrogen) atoms. The molecule has 2 aliphatic rings. The van der Waals surface area contributed by atoms with Crippen LogP contribution in [-0.2, 0) is 5.41 Å². The molecule has 0 radical (unpaired) electrons. The number of hydrogen-bond acceptors (Lipinski definition) is 2. The molecule has 298 valence electrons. The van der Waals surface area contributed by atoms with Crippen molar-refractivity contribution in [3.8, 4) is 33.4 Å². The van der Waals surface area contributed by atoms with Gasteiger partial charge in [-0.3, -0.25) is 0 Å². The SMILES string of the molecule is CC1(c2ccccc2)c2ccccc2-c2c(N(c3ccccc3-c3ccc4oc5ccccc5c4c3)c3ccccc3-c3cccc4cccc(C5CCCCC5)c34)cccc21. The third-order valence-electron chi connectivity index (χ3n) is 14.2. The van der Waals surface area contributed by atoms with E-state index in [4.69, 9.17) is 4.42 Å². The number of rotatable bonds is 7. The van der Waals surface area contributed by atoms with Crippen molar-refractivity contribution in [2.45, 2.75) is 50.4 Å². The van der Waals surface area contributed by atoms with Crippen molar-refractivity contribution in [2.24, 2.45) is 0 Å². The minimum Gasteiger partial charge on any atom is -0.456 e. The van der Waals surface area contributed by atoms with Crippen LogP contribution in [-0.4, -0.2) is 0 Å². The molecule has 1 fully saturated rings. The van der Waals surface area contributed by atoms with Crippen molar-refractivity contribution in [3.05, 3.63) is 222 Å². The molecule has 1 unspecified atom stereocenters. The molecule has 0 amide bonds. The monoisotopic (exact) mass is 797 g/mol. The van der Waals surface area contributed by atoms with Crippen LogP contribution < -0.4 is 4.90 Å². The van der Waals surface area contributed by atoms with E-state index in [2.05, 4.69) is 206 Å². The second-order valence-corrected chi connectivity index (χ2v) is 17.5. The van der Waals surface area contributed by atoms with Crippen molar-refractivity contribution in [1.29, 1.82) is 0 Å². The number of furan rings is 1. The van der Waals surface area contributed by atoms with Crippen molar-refractivity contribution in [2.75, 3.05) is 4.90 Å². The summed E-state index contributed by atoms with van der Waals surface area (Å²) >= 11 is 0. The Balaban J connectivity index is 1.15. The molecule has 1 heterocycles. The smallest absolute Gasteiger partial charge is 0.135 e. The van der Waals surface area contributed by atoms with Gasteiger partial charge in [-0.05, 0) is 112 Å². The fourth-order valence-corrected chi connectivity index (χ4v) is 11.2. The van der Waals surface area contributed by atoms with Crippen LogP contribution in [0, 0.1) is 0 Å². The van der Waals surface area contributed by atoms with E-state index in [0.29, 0.717) is 5.92 Å². The molecular formula is C60H47NO. The molecular weight excluding hydrogens is 751 g/mol. The molecule has 0 bridgehead atoms. The first-order valence-corrected chi connectivity index (χ1v) is 22.4. The lowest BCUT2D eigenvalue weighted by Gasteiger charge is -2.33. The second-order valence-electron chi connectivity index (χ2n) is 17.5. The summed E-state index contributed by atoms with van der Waals surface area (Å²) in [6.07, 6.45) is 6.44. The number of fused-ring (bicyclic) bond motifs is 7. The standard InChI is InChI=1S/C60H47NO/c1-60(43-23-6-3-7-24-43)51-31-12-8-28-49(51)59-52(60)32-18-35-55(59)61(53-33-13-9-25-44(53)42-37-38-57-50(39-42)47-27-11-15-36-56(47)62-57)54-34-14-10-26-46(54)48-30-17-22-41-21-16-29-45(58(41)48)40-19-4-2-5-20-40/h3,6-18,21-40H,2,4-5,19-20H2,1H3. The van der Waals surface area contributed by atoms with Gasteiger partial charge in [-0.1, -0.05) is 183 Å². The minimum absolute atomic E-state index is 0.341. The molecule has 2 aliphatic carbocycles. The number of benzene rings is 9. The maximum Gasteiger partial charge on any atom is 0.135 e. The summed E-state index contributed by atoms with van der Waals surface area (Å²) in [7, 11) is 0. The molecule has 1 aromatic heterocycles. The van der Waals surface area contributed by atoms with Crippen molar-refractivity contribution in [1.82, 2.24) is 0 Å². The number of para-hydroxylation sites is 3. The first-order valence-electron chi connectivity index (χ1n) is 22.4. The largest absolute Gasteiger partial charge is 0.456 e. The van der Waals surface area contributed by atoms with E-state index in [1.54, 1.807) is 0 Å². The normalized spacial score (nSPS) is 16.1. The van der Waals surface area contributed by atoms with Crippen molar-refractivity contribution >= 4 is 49.8 Å². The van der Waals surface area contributed by atoms with E-state index in [0.717, 1.165) is 50.1 Å². The van der Waals surface area contributed by atoms with Crippen LogP contribution in [0.4, 0.5) is 17.1 Å². The van der Waals surface area contributed by atoms with Crippen LogP contribution in [0.3, 0.4) is 0 Å². The average molecular weight is 798 g/mol. The van der Waals surface area contributed by atoms with E-state index >= 15 is 0 Å². The van der Waals surface area contributed by atoms with Gasteiger partial charge in [-0.2, -0.15) is 0 Å². The first kappa shape index (κ1) is 36.7. The molecule has 1 atom stereocenters. The molecule has 12 rings (SSSR count). The molecule has 0 N–H and O–H groups in total. The van der Waals surface area contributed by atoms with Gasteiger partial charge in [-0.25, -0.2) is 0 Å². The third kappa shape index (κ3) is 5.70. The van der Waals surface area contributed by atoms with E-state index in [1.807, 2.05) is 6.07 Å². The Bertz CT molecular complexity index is 3310. The highest BCUT2D eigenvalue weighted by molar-refractivity contribution is 6.09. The van der Waals surface area contributed by atoms with Crippen molar-refractivity contribution in [3.63, 3.8) is 0 Å². The maximum absolute atomic E-state index is 6.34. The summed E-state index contributed by atoms with van der Waals surface area (Å²) in [5.74, 6) is 0.566. The molecule has 1 saturated carbocycles. The van der Waals surface area contributed by atoms with Gasteiger partial charge in [0.05, 0.1) is 17.1 Å². The fourth-order valence-electron chi connectivity index (χ4n) is 11.2. The van der Waals surface area contributed by atoms with Crippen LogP contribution in [0.1, 0.15) is 67.2 Å². The number of hydrogen-bond donors (Lipinski definition) is 0. The third-order valence-corrected chi connectivity index (χ3v) is 14.2. The quantitative estimate of drug-likeness (QED) is 0.160. The zero-order valence-electron chi connectivity index (χ0n) is 35.0. The number of nitrogens with zero attached hydrogens (tertiary/aromatic N) is 1. The summed E-state index contributed by atoms with van der Waals surface area (Å²) in [5, 5.41) is 4.95. The Labute approximate surface area is 363 Å². The first-order chi connectivity index (χ1) is 30.7. The van der Waals surface area contributed by atoms with Gasteiger partial charge < -0.3 is 9.32 Å². The minimum atomic E-state index is -0.341. The molecule has 0 spiro atoms. The Morgan fingerprint density at radius 2 is 1.08 bits per heavy atom. The lowest BCUT2D eigenvalue weighted by atomic mass is 9.74. The topological polar surface area (TPSA) is 16.4 Å². The zero-order valence-corrected chi connectivity index (χ0v) is 35.0. The lowest BCUT2D eigenvalue weighted by Crippen LogP contribution is -2.22. The van der Waals surface area contributed by atoms with E-state index in [1.165, 1.54) is 87.4 Å². The van der Waals surface area contributed by atoms with Crippen LogP contribution in [0.25, 0.3) is 66.1 Å². The van der Waals surface area contributed by atoms with Crippen LogP contribution in [0.15, 0.2) is 205 Å². The summed E-state index contributed by atoms with van der Waals surface area (Å²) in [6, 6.07) is 74.2. The highest BCUT2D eigenvalue weighted by Gasteiger charge is 2.42. The van der Waals surface area contributed by atoms with Gasteiger partial charge in [-0.15, -0.1) is 0 Å². The molecule has 9 aromatic carbocycles. The van der Waals surface area contributed by atoms with Gasteiger partial charge in [0.15, 0.2) is 0 Å². The van der Waals surface area contributed by atoms with Gasteiger partial charge in [0, 0.05) is 32.9 Å². The summed E-state index contributed by atoms with van der Waals surface area (Å²) in [5.41, 5.74) is 17.7. The summed E-state index contributed by atoms with van der Waals surface area (Å²) < 4.78 is 6.34. The van der Waals surface area contributed by atoms with E-state index in [9.17, 15) is 0 Å². The highest BCUT2D eigenvalue weighted by atomic mass is 16.3. The molecule has 0 saturated heterocycles. The van der Waals surface area contributed by atoms with Gasteiger partial charge in [0.2, 0.25) is 0 Å². The predicted octanol–water partition coefficient (Wildman–Crippen LogP) is 16.9. The van der Waals surface area contributed by atoms with Crippen LogP contribution >= 0.6 is 0 Å². The molecule has 2 heteroatoms. The maximum atomic E-state index is 6.34. The average Bonchev–Trinajstić information content (AvgIpc) is 3.85. The Hall–Kier alpha value is -7.16. The number of anilines is 3. The van der Waals surface area contributed by atoms with Crippen LogP contribution in [0.2, 0.25) is 0 Å². The summed E-state index contributed by atoms with van der Waals surface area (Å²) in [4.78, 5) is 2.58. The summed E-state index contributed by atoms with van der Waals surface area (Å²) in [6.45, 7) is 2.41. The molecule has 2 nitrogen and oxygen atoms in total. The van der Waals surface area contributed by atoms with E-state index in [-0.39, 0.29) is 5.41 Å². The fraction of sp³-hybridized carbons (Fsp3) is 0.133. The van der Waals surface area contributed by atoms with Gasteiger partial charge >= 0.3 is 0 Å². The zero-order chi connectivity index (χ0) is 41.2. The van der Waals surface area contributed by atoms with E-state index < -0.39 is 0 Å². The molecule has 10 aromatic rings. The van der Waals surface area contributed by atoms with Crippen LogP contribution in [0.5, 0.6) is 0 Å². The lowest BCUT2D eigenvalue weighted by molar-refractivity contribution is 0.445. The second kappa shape index (κ2) is 14.8.